The summed E-state index contributed by atoms with van der Waals surface area (Å²) in [4.78, 5) is 24.6. The number of carbonyl (C=O) groups excluding carboxylic acids is 2. The Morgan fingerprint density at radius 1 is 1.12 bits per heavy atom. The van der Waals surface area contributed by atoms with Crippen molar-refractivity contribution in [2.75, 3.05) is 34.9 Å². The molecule has 128 valence electrons. The van der Waals surface area contributed by atoms with Crippen LogP contribution in [0.4, 0.5) is 27.5 Å². The van der Waals surface area contributed by atoms with Gasteiger partial charge in [0.1, 0.15) is 0 Å². The smallest absolute Gasteiger partial charge is 0.323 e. The fraction of sp³-hybridized carbons (Fsp3) is 0.176. The zero-order valence-electron chi connectivity index (χ0n) is 13.2. The number of para-hydroxylation sites is 1. The van der Waals surface area contributed by atoms with E-state index in [0.717, 1.165) is 0 Å². The topological polar surface area (TPSA) is 115 Å². The third kappa shape index (κ3) is 2.57. The fourth-order valence-corrected chi connectivity index (χ4v) is 2.98. The average molecular weight is 340 g/mol. The lowest BCUT2D eigenvalue weighted by Gasteiger charge is -2.20. The molecule has 8 nitrogen and oxygen atoms in total. The third-order valence-electron chi connectivity index (χ3n) is 4.03. The number of nitrogens with two attached hydrogens (primary N) is 1. The highest BCUT2D eigenvalue weighted by atomic mass is 16.7. The molecule has 0 unspecified atom stereocenters. The minimum atomic E-state index is -1.49. The lowest BCUT2D eigenvalue weighted by atomic mass is 10.0. The minimum absolute atomic E-state index is 0.304. The van der Waals surface area contributed by atoms with Crippen molar-refractivity contribution in [3.63, 3.8) is 0 Å². The van der Waals surface area contributed by atoms with E-state index in [1.54, 1.807) is 24.3 Å². The number of rotatable bonds is 2. The van der Waals surface area contributed by atoms with Gasteiger partial charge in [-0.25, -0.2) is 4.79 Å². The van der Waals surface area contributed by atoms with Gasteiger partial charge >= 0.3 is 6.03 Å². The number of nitrogen functional groups attached to an aromatic ring is 1. The van der Waals surface area contributed by atoms with E-state index in [4.69, 9.17) is 15.2 Å². The van der Waals surface area contributed by atoms with Crippen molar-refractivity contribution in [2.24, 2.45) is 0 Å². The van der Waals surface area contributed by atoms with Gasteiger partial charge in [0.2, 0.25) is 0 Å². The number of hydrogen-bond acceptors (Lipinski definition) is 5. The average Bonchev–Trinajstić information content (AvgIpc) is 3.17. The van der Waals surface area contributed by atoms with Crippen molar-refractivity contribution in [3.8, 4) is 0 Å². The maximum atomic E-state index is 12.4. The van der Waals surface area contributed by atoms with E-state index in [1.807, 2.05) is 18.2 Å². The standard InChI is InChI=1S/C17H16N4O4/c18-10-8-12-14(21-15(22)17(12)24-6-7-25-17)13(9-10)20-16(23)19-11-4-2-1-3-5-11/h1-5,8-9H,6-7,18H2,(H,21,22)(H2,19,20,23). The van der Waals surface area contributed by atoms with Gasteiger partial charge < -0.3 is 31.2 Å². The molecular formula is C17H16N4O4. The van der Waals surface area contributed by atoms with E-state index >= 15 is 0 Å². The van der Waals surface area contributed by atoms with Gasteiger partial charge in [-0.15, -0.1) is 0 Å². The molecule has 1 fully saturated rings. The molecule has 8 heteroatoms. The number of urea groups is 1. The SMILES string of the molecule is Nc1cc(NC(=O)Nc2ccccc2)c2c(c1)C1(OCCO1)C(=O)N2. The molecule has 2 aliphatic rings. The number of fused-ring (bicyclic) bond motifs is 2. The molecular weight excluding hydrogens is 324 g/mol. The van der Waals surface area contributed by atoms with Crippen LogP contribution in [0.3, 0.4) is 0 Å². The van der Waals surface area contributed by atoms with E-state index in [1.165, 1.54) is 0 Å². The summed E-state index contributed by atoms with van der Waals surface area (Å²) in [5.41, 5.74) is 8.21. The minimum Gasteiger partial charge on any atom is -0.399 e. The highest BCUT2D eigenvalue weighted by molar-refractivity contribution is 6.11. The van der Waals surface area contributed by atoms with Crippen LogP contribution in [0, 0.1) is 0 Å². The Morgan fingerprint density at radius 2 is 1.84 bits per heavy atom. The summed E-state index contributed by atoms with van der Waals surface area (Å²) in [5, 5.41) is 8.12. The summed E-state index contributed by atoms with van der Waals surface area (Å²) in [6, 6.07) is 11.7. The number of benzene rings is 2. The van der Waals surface area contributed by atoms with Gasteiger partial charge in [-0.1, -0.05) is 18.2 Å². The molecule has 0 aromatic heterocycles. The van der Waals surface area contributed by atoms with Crippen LogP contribution in [-0.2, 0) is 20.1 Å². The van der Waals surface area contributed by atoms with Crippen molar-refractivity contribution in [1.82, 2.24) is 0 Å². The molecule has 2 aromatic rings. The Balaban J connectivity index is 1.64. The second-order valence-corrected chi connectivity index (χ2v) is 5.70. The highest BCUT2D eigenvalue weighted by Gasteiger charge is 2.53. The molecule has 1 spiro atoms. The normalized spacial score (nSPS) is 17.2. The summed E-state index contributed by atoms with van der Waals surface area (Å²) in [6.45, 7) is 0.609. The lowest BCUT2D eigenvalue weighted by molar-refractivity contribution is -0.178. The summed E-state index contributed by atoms with van der Waals surface area (Å²) in [6.07, 6.45) is 0. The largest absolute Gasteiger partial charge is 0.399 e. The number of amides is 3. The second-order valence-electron chi connectivity index (χ2n) is 5.70. The number of ether oxygens (including phenoxy) is 2. The van der Waals surface area contributed by atoms with Crippen LogP contribution < -0.4 is 21.7 Å². The second kappa shape index (κ2) is 5.76. The van der Waals surface area contributed by atoms with Gasteiger partial charge in [-0.2, -0.15) is 0 Å². The molecule has 3 amide bonds. The van der Waals surface area contributed by atoms with Crippen LogP contribution in [-0.4, -0.2) is 25.2 Å². The van der Waals surface area contributed by atoms with Gasteiger partial charge in [-0.05, 0) is 24.3 Å². The van der Waals surface area contributed by atoms with Crippen LogP contribution in [0.1, 0.15) is 5.56 Å². The maximum Gasteiger partial charge on any atom is 0.323 e. The van der Waals surface area contributed by atoms with Crippen LogP contribution >= 0.6 is 0 Å². The van der Waals surface area contributed by atoms with Crippen molar-refractivity contribution in [3.05, 3.63) is 48.0 Å². The number of carbonyl (C=O) groups is 2. The van der Waals surface area contributed by atoms with E-state index in [-0.39, 0.29) is 0 Å². The first-order chi connectivity index (χ1) is 12.1. The number of anilines is 4. The molecule has 0 atom stereocenters. The summed E-state index contributed by atoms with van der Waals surface area (Å²) < 4.78 is 11.1. The molecule has 2 aliphatic heterocycles. The predicted octanol–water partition coefficient (Wildman–Crippen LogP) is 2.06. The van der Waals surface area contributed by atoms with E-state index in [2.05, 4.69) is 16.0 Å². The first-order valence-electron chi connectivity index (χ1n) is 7.75. The monoisotopic (exact) mass is 340 g/mol. The maximum absolute atomic E-state index is 12.4. The Morgan fingerprint density at radius 3 is 2.56 bits per heavy atom. The van der Waals surface area contributed by atoms with Gasteiger partial charge in [-0.3, -0.25) is 4.79 Å². The van der Waals surface area contributed by atoms with Crippen molar-refractivity contribution < 1.29 is 19.1 Å². The predicted molar refractivity (Wildman–Crippen MR) is 92.1 cm³/mol. The molecule has 0 aliphatic carbocycles. The van der Waals surface area contributed by atoms with E-state index in [9.17, 15) is 9.59 Å². The van der Waals surface area contributed by atoms with E-state index in [0.29, 0.717) is 41.5 Å². The zero-order valence-corrected chi connectivity index (χ0v) is 13.2. The quantitative estimate of drug-likeness (QED) is 0.625. The summed E-state index contributed by atoms with van der Waals surface area (Å²) in [7, 11) is 0. The molecule has 0 radical (unpaired) electrons. The highest BCUT2D eigenvalue weighted by Crippen LogP contribution is 2.46. The zero-order chi connectivity index (χ0) is 17.4. The van der Waals surface area contributed by atoms with E-state index < -0.39 is 17.7 Å². The molecule has 0 bridgehead atoms. The lowest BCUT2D eigenvalue weighted by Crippen LogP contribution is -2.35. The van der Waals surface area contributed by atoms with Crippen LogP contribution in [0.15, 0.2) is 42.5 Å². The molecule has 25 heavy (non-hydrogen) atoms. The molecule has 5 N–H and O–H groups in total. The molecule has 2 heterocycles. The number of hydrogen-bond donors (Lipinski definition) is 4. The molecule has 0 saturated carbocycles. The van der Waals surface area contributed by atoms with Crippen molar-refractivity contribution in [2.45, 2.75) is 5.79 Å². The number of nitrogens with one attached hydrogen (secondary N) is 3. The molecule has 1 saturated heterocycles. The third-order valence-corrected chi connectivity index (χ3v) is 4.03. The van der Waals surface area contributed by atoms with Gasteiger partial charge in [0.25, 0.3) is 11.7 Å². The summed E-state index contributed by atoms with van der Waals surface area (Å²) >= 11 is 0. The van der Waals surface area contributed by atoms with Gasteiger partial charge in [0.15, 0.2) is 0 Å². The molecule has 2 aromatic carbocycles. The Bertz CT molecular complexity index is 847. The Labute approximate surface area is 143 Å². The first kappa shape index (κ1) is 15.4. The molecule has 4 rings (SSSR count). The van der Waals surface area contributed by atoms with Crippen LogP contribution in [0.2, 0.25) is 0 Å². The van der Waals surface area contributed by atoms with Crippen molar-refractivity contribution in [1.29, 1.82) is 0 Å². The van der Waals surface area contributed by atoms with Gasteiger partial charge in [0.05, 0.1) is 24.6 Å². The Kier molecular flexibility index (Phi) is 3.56. The van der Waals surface area contributed by atoms with Crippen LogP contribution in [0.25, 0.3) is 0 Å². The van der Waals surface area contributed by atoms with Crippen LogP contribution in [0.5, 0.6) is 0 Å². The van der Waals surface area contributed by atoms with Crippen molar-refractivity contribution >= 4 is 34.7 Å². The Hall–Kier alpha value is -3.10. The first-order valence-corrected chi connectivity index (χ1v) is 7.75. The van der Waals surface area contributed by atoms with Gasteiger partial charge in [0, 0.05) is 16.9 Å². The fourth-order valence-electron chi connectivity index (χ4n) is 2.98. The summed E-state index contributed by atoms with van der Waals surface area (Å²) in [5.74, 6) is -1.92.